The van der Waals surface area contributed by atoms with Gasteiger partial charge < -0.3 is 0 Å². The largest absolute Gasteiger partial charge is 0.270 e. The van der Waals surface area contributed by atoms with Gasteiger partial charge in [0.2, 0.25) is 6.67 Å². The smallest absolute Gasteiger partial charge is 0.211 e. The van der Waals surface area contributed by atoms with Crippen LogP contribution in [0.15, 0.2) is 0 Å². The minimum Gasteiger partial charge on any atom is -0.270 e. The van der Waals surface area contributed by atoms with E-state index in [4.69, 9.17) is 5.84 Å². The molecule has 0 spiro atoms. The summed E-state index contributed by atoms with van der Waals surface area (Å²) >= 11 is 0. The summed E-state index contributed by atoms with van der Waals surface area (Å²) in [7, 11) is 1.14. The van der Waals surface area contributed by atoms with Gasteiger partial charge in [-0.3, -0.25) is 16.5 Å². The molecule has 0 bridgehead atoms. The van der Waals surface area contributed by atoms with E-state index in [2.05, 4.69) is 16.1 Å². The number of hydrogen-bond donors (Lipinski definition) is 4. The van der Waals surface area contributed by atoms with E-state index in [1.165, 1.54) is 0 Å². The van der Waals surface area contributed by atoms with Crippen LogP contribution in [0.2, 0.25) is 0 Å². The summed E-state index contributed by atoms with van der Waals surface area (Å²) in [6.45, 7) is -0.596. The highest BCUT2D eigenvalue weighted by atomic mass is 16.7. The third-order valence-electron chi connectivity index (χ3n) is 3.50. The normalized spacial score (nSPS) is 30.8. The van der Waals surface area contributed by atoms with Gasteiger partial charge in [-0.25, -0.2) is 35.8 Å². The van der Waals surface area contributed by atoms with Gasteiger partial charge in [-0.2, -0.15) is 0 Å². The van der Waals surface area contributed by atoms with Crippen molar-refractivity contribution in [1.82, 2.24) is 31.1 Å². The fourth-order valence-corrected chi connectivity index (χ4v) is 2.42. The van der Waals surface area contributed by atoms with Gasteiger partial charge in [-0.1, -0.05) is 10.0 Å². The van der Waals surface area contributed by atoms with Crippen LogP contribution in [-0.2, 0) is 0 Å². The predicted octanol–water partition coefficient (Wildman–Crippen LogP) is -3.97. The first-order valence-electron chi connectivity index (χ1n) is 5.95. The highest BCUT2D eigenvalue weighted by molar-refractivity contribution is 4.94. The number of nitrogens with two attached hydrogens (primary N) is 1. The molecule has 4 unspecified atom stereocenters. The van der Waals surface area contributed by atoms with Crippen LogP contribution in [-0.4, -0.2) is 68.5 Å². The Bertz CT molecular complexity index is 489. The maximum absolute atomic E-state index is 11.0. The molecule has 2 aliphatic rings. The predicted molar refractivity (Wildman–Crippen MR) is 66.0 cm³/mol. The Morgan fingerprint density at radius 1 is 1.14 bits per heavy atom. The van der Waals surface area contributed by atoms with E-state index < -0.39 is 46.4 Å². The lowest BCUT2D eigenvalue weighted by molar-refractivity contribution is -0.694. The third kappa shape index (κ3) is 2.50. The van der Waals surface area contributed by atoms with E-state index in [0.29, 0.717) is 15.0 Å². The Balaban J connectivity index is 2.28. The Hall–Kier alpha value is -2.56. The van der Waals surface area contributed by atoms with Crippen molar-refractivity contribution in [2.24, 2.45) is 5.84 Å². The van der Waals surface area contributed by atoms with Crippen LogP contribution in [0.3, 0.4) is 0 Å². The first kappa shape index (κ1) is 15.8. The molecule has 0 amide bonds. The number of fused-ring (bicyclic) bond motifs is 1. The third-order valence-corrected chi connectivity index (χ3v) is 3.50. The average molecular weight is 322 g/mol. The molecule has 2 aliphatic heterocycles. The Labute approximate surface area is 122 Å². The van der Waals surface area contributed by atoms with Crippen molar-refractivity contribution < 1.29 is 15.1 Å². The van der Waals surface area contributed by atoms with Gasteiger partial charge in [0.05, 0.1) is 7.05 Å². The second-order valence-corrected chi connectivity index (χ2v) is 4.62. The average Bonchev–Trinajstić information content (AvgIpc) is 2.83. The Kier molecular flexibility index (Phi) is 4.08. The van der Waals surface area contributed by atoms with Gasteiger partial charge >= 0.3 is 0 Å². The minimum atomic E-state index is -1.16. The molecule has 0 radical (unpaired) electrons. The van der Waals surface area contributed by atoms with Crippen molar-refractivity contribution in [2.75, 3.05) is 13.7 Å². The summed E-state index contributed by atoms with van der Waals surface area (Å²) in [6, 6.07) is 0. The maximum atomic E-state index is 11.0. The molecule has 2 saturated heterocycles. The molecule has 0 saturated carbocycles. The second-order valence-electron chi connectivity index (χ2n) is 4.62. The molecule has 4 atom stereocenters. The Morgan fingerprint density at radius 2 is 1.64 bits per heavy atom. The summed E-state index contributed by atoms with van der Waals surface area (Å²) in [5.74, 6) is 5.29. The van der Waals surface area contributed by atoms with Gasteiger partial charge in [-0.15, -0.1) is 5.01 Å². The lowest BCUT2D eigenvalue weighted by atomic mass is 10.2. The van der Waals surface area contributed by atoms with Crippen LogP contribution in [0.25, 0.3) is 0 Å². The summed E-state index contributed by atoms with van der Waals surface area (Å²) in [5.41, 5.74) is 2.25. The van der Waals surface area contributed by atoms with Crippen LogP contribution >= 0.6 is 0 Å². The SMILES string of the molecule is CN(C1NC2C(NC1NN)N([N+](=O)[O-])CN2[N+](=O)[O-])[N+](=O)[O-]. The second kappa shape index (κ2) is 5.67. The first-order valence-corrected chi connectivity index (χ1v) is 5.95. The molecule has 0 aliphatic carbocycles. The summed E-state index contributed by atoms with van der Waals surface area (Å²) in [4.78, 5) is 32.9. The summed E-state index contributed by atoms with van der Waals surface area (Å²) < 4.78 is 0. The molecular formula is C6H14N10O6. The molecule has 2 heterocycles. The van der Waals surface area contributed by atoms with Gasteiger partial charge in [0, 0.05) is 0 Å². The van der Waals surface area contributed by atoms with Gasteiger partial charge in [0.15, 0.2) is 33.6 Å². The fourth-order valence-electron chi connectivity index (χ4n) is 2.42. The van der Waals surface area contributed by atoms with Gasteiger partial charge in [0.25, 0.3) is 0 Å². The lowest BCUT2D eigenvalue weighted by Gasteiger charge is -2.40. The Morgan fingerprint density at radius 3 is 2.05 bits per heavy atom. The monoisotopic (exact) mass is 322 g/mol. The number of nitro groups is 3. The maximum Gasteiger partial charge on any atom is 0.211 e. The fraction of sp³-hybridized carbons (Fsp3) is 1.00. The molecule has 124 valence electrons. The highest BCUT2D eigenvalue weighted by Crippen LogP contribution is 2.22. The van der Waals surface area contributed by atoms with Crippen molar-refractivity contribution in [3.63, 3.8) is 0 Å². The van der Waals surface area contributed by atoms with Crippen LogP contribution in [0, 0.1) is 30.3 Å². The van der Waals surface area contributed by atoms with Crippen LogP contribution < -0.4 is 21.9 Å². The molecular weight excluding hydrogens is 308 g/mol. The molecule has 2 rings (SSSR count). The number of nitrogens with one attached hydrogen (secondary N) is 3. The number of piperazine rings is 1. The van der Waals surface area contributed by atoms with E-state index in [1.54, 1.807) is 0 Å². The van der Waals surface area contributed by atoms with Crippen molar-refractivity contribution in [1.29, 1.82) is 0 Å². The number of hydrazine groups is 4. The van der Waals surface area contributed by atoms with Gasteiger partial charge in [0.1, 0.15) is 6.17 Å². The van der Waals surface area contributed by atoms with Gasteiger partial charge in [-0.05, 0) is 0 Å². The topological polar surface area (TPSA) is 201 Å². The first-order chi connectivity index (χ1) is 10.3. The molecule has 0 aromatic rings. The number of hydrogen-bond acceptors (Lipinski definition) is 10. The standard InChI is InChI=1S/C6H14N10O6/c1-11(14(17)18)4-3(10-7)8-5-6(9-4)13(16(21)22)2-12(5)15(19)20/h3-6,8-10H,2,7H2,1H3. The highest BCUT2D eigenvalue weighted by Gasteiger charge is 2.57. The molecule has 16 nitrogen and oxygen atoms in total. The zero-order valence-electron chi connectivity index (χ0n) is 11.2. The lowest BCUT2D eigenvalue weighted by Crippen LogP contribution is -2.77. The molecule has 0 aromatic heterocycles. The zero-order chi connectivity index (χ0) is 16.6. The van der Waals surface area contributed by atoms with Crippen molar-refractivity contribution in [3.8, 4) is 0 Å². The van der Waals surface area contributed by atoms with Crippen LogP contribution in [0.4, 0.5) is 0 Å². The molecule has 16 heteroatoms. The van der Waals surface area contributed by atoms with E-state index in [0.717, 1.165) is 7.05 Å². The van der Waals surface area contributed by atoms with Crippen LogP contribution in [0.1, 0.15) is 0 Å². The molecule has 22 heavy (non-hydrogen) atoms. The number of rotatable bonds is 5. The molecule has 2 fully saturated rings. The number of nitrogens with zero attached hydrogens (tertiary/aromatic N) is 6. The van der Waals surface area contributed by atoms with E-state index in [-0.39, 0.29) is 0 Å². The number of likely N-dealkylation sites (N-methyl/N-ethyl adjacent to an activating group) is 1. The zero-order valence-corrected chi connectivity index (χ0v) is 11.2. The molecule has 5 N–H and O–H groups in total. The van der Waals surface area contributed by atoms with Crippen LogP contribution in [0.5, 0.6) is 0 Å². The van der Waals surface area contributed by atoms with E-state index in [9.17, 15) is 30.3 Å². The van der Waals surface area contributed by atoms with Crippen molar-refractivity contribution in [3.05, 3.63) is 30.3 Å². The quantitative estimate of drug-likeness (QED) is 0.217. The summed E-state index contributed by atoms with van der Waals surface area (Å²) in [6.07, 6.45) is -4.28. The summed E-state index contributed by atoms with van der Waals surface area (Å²) in [5, 5.41) is 37.7. The van der Waals surface area contributed by atoms with E-state index >= 15 is 0 Å². The molecule has 0 aromatic carbocycles. The van der Waals surface area contributed by atoms with E-state index in [1.807, 2.05) is 0 Å². The van der Waals surface area contributed by atoms with Crippen molar-refractivity contribution >= 4 is 0 Å². The minimum absolute atomic E-state index is 0.577. The van der Waals surface area contributed by atoms with Crippen molar-refractivity contribution in [2.45, 2.75) is 24.7 Å².